The van der Waals surface area contributed by atoms with E-state index < -0.39 is 10.0 Å². The third-order valence-corrected chi connectivity index (χ3v) is 7.16. The van der Waals surface area contributed by atoms with E-state index >= 15 is 0 Å². The lowest BCUT2D eigenvalue weighted by molar-refractivity contribution is 0.208. The number of carbonyl (C=O) groups is 1. The summed E-state index contributed by atoms with van der Waals surface area (Å²) in [4.78, 5) is 25.3. The Morgan fingerprint density at radius 1 is 1.09 bits per heavy atom. The number of nitrogens with one attached hydrogen (secondary N) is 1. The molecule has 1 aliphatic heterocycles. The summed E-state index contributed by atoms with van der Waals surface area (Å²) in [6, 6.07) is 5.88. The van der Waals surface area contributed by atoms with E-state index in [2.05, 4.69) is 30.5 Å². The number of fused-ring (bicyclic) bond motifs is 1. The van der Waals surface area contributed by atoms with E-state index in [-0.39, 0.29) is 10.9 Å². The summed E-state index contributed by atoms with van der Waals surface area (Å²) in [6.07, 6.45) is 1.51. The Balaban J connectivity index is 1.39. The van der Waals surface area contributed by atoms with Gasteiger partial charge in [0.15, 0.2) is 17.0 Å². The molecule has 4 rings (SSSR count). The number of urea groups is 1. The van der Waals surface area contributed by atoms with Crippen LogP contribution in [0.25, 0.3) is 11.2 Å². The average Bonchev–Trinajstić information content (AvgIpc) is 3.23. The summed E-state index contributed by atoms with van der Waals surface area (Å²) < 4.78 is 27.2. The molecule has 2 amide bonds. The van der Waals surface area contributed by atoms with Gasteiger partial charge in [0.1, 0.15) is 6.33 Å². The molecule has 0 radical (unpaired) electrons. The Kier molecular flexibility index (Phi) is 5.93. The number of carbonyl (C=O) groups excluding carboxylic acids is 1. The molecule has 0 spiro atoms. The van der Waals surface area contributed by atoms with Gasteiger partial charge < -0.3 is 15.1 Å². The Hall–Kier alpha value is -3.32. The fourth-order valence-electron chi connectivity index (χ4n) is 3.47. The number of hydrogen-bond acceptors (Lipinski definition) is 8. The molecule has 2 aromatic heterocycles. The molecule has 13 heteroatoms. The Morgan fingerprint density at radius 3 is 2.41 bits per heavy atom. The number of benzene rings is 1. The van der Waals surface area contributed by atoms with Crippen LogP contribution in [0.2, 0.25) is 0 Å². The van der Waals surface area contributed by atoms with E-state index in [0.717, 1.165) is 4.31 Å². The van der Waals surface area contributed by atoms with E-state index in [9.17, 15) is 13.2 Å². The maximum absolute atomic E-state index is 12.7. The zero-order chi connectivity index (χ0) is 22.9. The fraction of sp³-hybridized carbons (Fsp3) is 0.421. The smallest absolute Gasteiger partial charge is 0.321 e. The second kappa shape index (κ2) is 8.67. The summed E-state index contributed by atoms with van der Waals surface area (Å²) in [5, 5.41) is 11.2. The SMILES string of the molecule is CCn1nnc2c(N3CCN(C(=O)Nc4ccc(S(=O)(=O)N(C)C)cc4)CC3)ncnc21. The standard InChI is InChI=1S/C19H25N9O3S/c1-4-28-18-16(23-24-28)17(20-13-21-18)26-9-11-27(12-10-26)19(29)22-14-5-7-15(8-6-14)32(30,31)25(2)3/h5-8,13H,4,9-12H2,1-3H3,(H,22,29). The zero-order valence-electron chi connectivity index (χ0n) is 18.1. The first-order valence-electron chi connectivity index (χ1n) is 10.2. The Morgan fingerprint density at radius 2 is 1.78 bits per heavy atom. The highest BCUT2D eigenvalue weighted by molar-refractivity contribution is 7.89. The van der Waals surface area contributed by atoms with Gasteiger partial charge in [0, 0.05) is 52.5 Å². The van der Waals surface area contributed by atoms with Crippen LogP contribution in [0.1, 0.15) is 6.92 Å². The van der Waals surface area contributed by atoms with Gasteiger partial charge in [0.05, 0.1) is 4.90 Å². The second-order valence-corrected chi connectivity index (χ2v) is 9.64. The lowest BCUT2D eigenvalue weighted by Crippen LogP contribution is -2.50. The number of amides is 2. The molecule has 1 N–H and O–H groups in total. The highest BCUT2D eigenvalue weighted by Gasteiger charge is 2.25. The molecule has 0 aliphatic carbocycles. The molecule has 1 saturated heterocycles. The van der Waals surface area contributed by atoms with Crippen LogP contribution < -0.4 is 10.2 Å². The van der Waals surface area contributed by atoms with Crippen molar-refractivity contribution in [3.05, 3.63) is 30.6 Å². The van der Waals surface area contributed by atoms with Crippen LogP contribution in [0.4, 0.5) is 16.3 Å². The molecule has 1 aromatic carbocycles. The first-order valence-corrected chi connectivity index (χ1v) is 11.6. The quantitative estimate of drug-likeness (QED) is 0.594. The molecule has 1 aliphatic rings. The largest absolute Gasteiger partial charge is 0.351 e. The van der Waals surface area contributed by atoms with Crippen LogP contribution in [-0.2, 0) is 16.6 Å². The summed E-state index contributed by atoms with van der Waals surface area (Å²) in [6.45, 7) is 4.85. The Labute approximate surface area is 185 Å². The number of hydrogen-bond donors (Lipinski definition) is 1. The van der Waals surface area contributed by atoms with Gasteiger partial charge in [-0.25, -0.2) is 32.2 Å². The number of rotatable bonds is 5. The third kappa shape index (κ3) is 4.08. The molecule has 12 nitrogen and oxygen atoms in total. The molecule has 32 heavy (non-hydrogen) atoms. The molecule has 0 saturated carbocycles. The maximum atomic E-state index is 12.7. The van der Waals surface area contributed by atoms with Crippen LogP contribution >= 0.6 is 0 Å². The minimum Gasteiger partial charge on any atom is -0.351 e. The van der Waals surface area contributed by atoms with E-state index in [0.29, 0.717) is 55.4 Å². The number of aromatic nitrogens is 5. The van der Waals surface area contributed by atoms with Crippen molar-refractivity contribution in [1.82, 2.24) is 34.2 Å². The summed E-state index contributed by atoms with van der Waals surface area (Å²) >= 11 is 0. The van der Waals surface area contributed by atoms with Crippen LogP contribution in [0.3, 0.4) is 0 Å². The Bertz CT molecular complexity index is 1220. The molecule has 0 atom stereocenters. The molecular weight excluding hydrogens is 434 g/mol. The monoisotopic (exact) mass is 459 g/mol. The highest BCUT2D eigenvalue weighted by atomic mass is 32.2. The molecule has 0 bridgehead atoms. The molecule has 170 valence electrons. The fourth-order valence-corrected chi connectivity index (χ4v) is 4.37. The third-order valence-electron chi connectivity index (χ3n) is 5.33. The lowest BCUT2D eigenvalue weighted by atomic mass is 10.3. The number of anilines is 2. The van der Waals surface area contributed by atoms with E-state index in [4.69, 9.17) is 0 Å². The average molecular weight is 460 g/mol. The van der Waals surface area contributed by atoms with Gasteiger partial charge in [0.2, 0.25) is 10.0 Å². The van der Waals surface area contributed by atoms with Crippen LogP contribution in [0, 0.1) is 0 Å². The minimum absolute atomic E-state index is 0.172. The van der Waals surface area contributed by atoms with Crippen molar-refractivity contribution < 1.29 is 13.2 Å². The first kappa shape index (κ1) is 21.9. The van der Waals surface area contributed by atoms with Crippen molar-refractivity contribution in [2.24, 2.45) is 0 Å². The van der Waals surface area contributed by atoms with Crippen LogP contribution in [0.5, 0.6) is 0 Å². The van der Waals surface area contributed by atoms with Gasteiger partial charge >= 0.3 is 6.03 Å². The van der Waals surface area contributed by atoms with Gasteiger partial charge in [-0.05, 0) is 31.2 Å². The number of sulfonamides is 1. The van der Waals surface area contributed by atoms with Crippen LogP contribution in [-0.4, -0.2) is 88.9 Å². The molecule has 0 unspecified atom stereocenters. The van der Waals surface area contributed by atoms with Crippen molar-refractivity contribution in [2.75, 3.05) is 50.5 Å². The van der Waals surface area contributed by atoms with Gasteiger partial charge in [-0.3, -0.25) is 0 Å². The van der Waals surface area contributed by atoms with Gasteiger partial charge in [0.25, 0.3) is 0 Å². The van der Waals surface area contributed by atoms with E-state index in [1.807, 2.05) is 6.92 Å². The maximum Gasteiger partial charge on any atom is 0.321 e. The summed E-state index contributed by atoms with van der Waals surface area (Å²) in [5.74, 6) is 0.715. The van der Waals surface area contributed by atoms with Gasteiger partial charge in [-0.1, -0.05) is 5.21 Å². The van der Waals surface area contributed by atoms with E-state index in [1.54, 1.807) is 21.7 Å². The van der Waals surface area contributed by atoms with Crippen molar-refractivity contribution in [2.45, 2.75) is 18.4 Å². The summed E-state index contributed by atoms with van der Waals surface area (Å²) in [7, 11) is -0.557. The van der Waals surface area contributed by atoms with Gasteiger partial charge in [-0.2, -0.15) is 0 Å². The zero-order valence-corrected chi connectivity index (χ0v) is 18.9. The highest BCUT2D eigenvalue weighted by Crippen LogP contribution is 2.22. The topological polar surface area (TPSA) is 129 Å². The minimum atomic E-state index is -3.51. The molecule has 3 heterocycles. The molecular formula is C19H25N9O3S. The normalized spacial score (nSPS) is 14.9. The van der Waals surface area contributed by atoms with Gasteiger partial charge in [-0.15, -0.1) is 5.10 Å². The predicted molar refractivity (Wildman–Crippen MR) is 119 cm³/mol. The number of nitrogens with zero attached hydrogens (tertiary/aromatic N) is 8. The lowest BCUT2D eigenvalue weighted by Gasteiger charge is -2.35. The van der Waals surface area contributed by atoms with Crippen molar-refractivity contribution in [1.29, 1.82) is 0 Å². The summed E-state index contributed by atoms with van der Waals surface area (Å²) in [5.41, 5.74) is 1.88. The second-order valence-electron chi connectivity index (χ2n) is 7.49. The number of piperazine rings is 1. The molecule has 3 aromatic rings. The predicted octanol–water partition coefficient (Wildman–Crippen LogP) is 0.846. The number of aryl methyl sites for hydroxylation is 1. The molecule has 1 fully saturated rings. The first-order chi connectivity index (χ1) is 15.3. The van der Waals surface area contributed by atoms with E-state index in [1.165, 1.54) is 32.6 Å². The van der Waals surface area contributed by atoms with Crippen molar-refractivity contribution >= 4 is 38.7 Å². The van der Waals surface area contributed by atoms with Crippen LogP contribution in [0.15, 0.2) is 35.5 Å². The van der Waals surface area contributed by atoms with Crippen molar-refractivity contribution in [3.63, 3.8) is 0 Å². The van der Waals surface area contributed by atoms with Crippen molar-refractivity contribution in [3.8, 4) is 0 Å².